The number of thioether (sulfide) groups is 1. The maximum Gasteiger partial charge on any atom is 0.208 e. The van der Waals surface area contributed by atoms with Crippen LogP contribution in [0.15, 0.2) is 63.7 Å². The molecule has 2 aromatic carbocycles. The van der Waals surface area contributed by atoms with Gasteiger partial charge in [0.25, 0.3) is 0 Å². The Labute approximate surface area is 139 Å². The Balaban J connectivity index is 2.15. The van der Waals surface area contributed by atoms with Gasteiger partial charge in [-0.15, -0.1) is 5.10 Å². The zero-order valence-electron chi connectivity index (χ0n) is 12.6. The fraction of sp³-hybridized carbons (Fsp3) is 0.118. The molecule has 0 heterocycles. The van der Waals surface area contributed by atoms with Gasteiger partial charge in [-0.05, 0) is 30.0 Å². The molecule has 0 fully saturated rings. The van der Waals surface area contributed by atoms with Crippen LogP contribution in [0, 0.1) is 0 Å². The second-order valence-corrected chi connectivity index (χ2v) is 5.67. The van der Waals surface area contributed by atoms with Crippen LogP contribution in [0.5, 0.6) is 11.5 Å². The number of phenols is 2. The van der Waals surface area contributed by atoms with E-state index < -0.39 is 0 Å². The quantitative estimate of drug-likeness (QED) is 0.511. The van der Waals surface area contributed by atoms with E-state index in [1.807, 2.05) is 19.1 Å². The molecule has 0 aliphatic carbocycles. The third kappa shape index (κ3) is 5.27. The lowest BCUT2D eigenvalue weighted by molar-refractivity contribution is 0.474. The first-order valence-corrected chi connectivity index (χ1v) is 8.03. The number of hydrogen-bond acceptors (Lipinski definition) is 5. The van der Waals surface area contributed by atoms with Gasteiger partial charge in [-0.3, -0.25) is 0 Å². The summed E-state index contributed by atoms with van der Waals surface area (Å²) in [5, 5.41) is 27.9. The first-order chi connectivity index (χ1) is 11.2. The molecule has 0 bridgehead atoms. The fourth-order valence-electron chi connectivity index (χ4n) is 1.68. The first-order valence-electron chi connectivity index (χ1n) is 7.04. The molecular weight excluding hydrogens is 310 g/mol. The van der Waals surface area contributed by atoms with Gasteiger partial charge in [-0.2, -0.15) is 5.10 Å². The largest absolute Gasteiger partial charge is 0.507 e. The monoisotopic (exact) mass is 327 g/mol. The van der Waals surface area contributed by atoms with Crippen molar-refractivity contribution >= 4 is 29.4 Å². The van der Waals surface area contributed by atoms with E-state index in [1.54, 1.807) is 42.6 Å². The van der Waals surface area contributed by atoms with Crippen LogP contribution >= 0.6 is 11.8 Å². The van der Waals surface area contributed by atoms with Crippen molar-refractivity contribution in [3.05, 3.63) is 59.7 Å². The summed E-state index contributed by atoms with van der Waals surface area (Å²) in [5.74, 6) is 1.10. The molecule has 2 N–H and O–H groups in total. The number of aliphatic imine (C=N–C) groups is 1. The molecule has 0 spiro atoms. The molecule has 0 aliphatic rings. The summed E-state index contributed by atoms with van der Waals surface area (Å²) >= 11 is 1.44. The maximum absolute atomic E-state index is 9.71. The number of phenolic OH excluding ortho intramolecular Hbond substituents is 2. The van der Waals surface area contributed by atoms with Gasteiger partial charge in [0.1, 0.15) is 11.5 Å². The predicted molar refractivity (Wildman–Crippen MR) is 97.0 cm³/mol. The van der Waals surface area contributed by atoms with Gasteiger partial charge >= 0.3 is 0 Å². The maximum atomic E-state index is 9.71. The van der Waals surface area contributed by atoms with Crippen molar-refractivity contribution < 1.29 is 10.2 Å². The van der Waals surface area contributed by atoms with Crippen molar-refractivity contribution in [2.75, 3.05) is 5.75 Å². The summed E-state index contributed by atoms with van der Waals surface area (Å²) in [4.78, 5) is 4.25. The molecular formula is C17H17N3O2S. The minimum absolute atomic E-state index is 0.147. The van der Waals surface area contributed by atoms with E-state index >= 15 is 0 Å². The first kappa shape index (κ1) is 16.8. The lowest BCUT2D eigenvalue weighted by Crippen LogP contribution is -1.91. The average Bonchev–Trinajstić information content (AvgIpc) is 2.55. The summed E-state index contributed by atoms with van der Waals surface area (Å²) < 4.78 is 0. The van der Waals surface area contributed by atoms with E-state index in [0.29, 0.717) is 16.3 Å². The molecule has 6 heteroatoms. The van der Waals surface area contributed by atoms with Crippen LogP contribution in [0.4, 0.5) is 0 Å². The van der Waals surface area contributed by atoms with Gasteiger partial charge in [0.05, 0.1) is 6.21 Å². The van der Waals surface area contributed by atoms with Crippen LogP contribution in [0.25, 0.3) is 0 Å². The highest BCUT2D eigenvalue weighted by Gasteiger charge is 1.99. The Morgan fingerprint density at radius 2 is 1.52 bits per heavy atom. The van der Waals surface area contributed by atoms with Crippen molar-refractivity contribution in [1.29, 1.82) is 0 Å². The molecule has 2 aromatic rings. The predicted octanol–water partition coefficient (Wildman–Crippen LogP) is 3.66. The van der Waals surface area contributed by atoms with Gasteiger partial charge in [0.15, 0.2) is 0 Å². The SMILES string of the molecule is CCSC(=N\N=C\c1ccccc1O)/N=C/c1ccccc1O. The Kier molecular flexibility index (Phi) is 6.38. The Morgan fingerprint density at radius 1 is 0.957 bits per heavy atom. The van der Waals surface area contributed by atoms with E-state index in [0.717, 1.165) is 5.75 Å². The molecule has 5 nitrogen and oxygen atoms in total. The van der Waals surface area contributed by atoms with E-state index in [-0.39, 0.29) is 11.5 Å². The van der Waals surface area contributed by atoms with Gasteiger partial charge in [-0.25, -0.2) is 4.99 Å². The highest BCUT2D eigenvalue weighted by molar-refractivity contribution is 8.13. The van der Waals surface area contributed by atoms with Crippen LogP contribution in [-0.2, 0) is 0 Å². The fourth-order valence-corrected chi connectivity index (χ4v) is 2.17. The lowest BCUT2D eigenvalue weighted by atomic mass is 10.2. The molecule has 23 heavy (non-hydrogen) atoms. The van der Waals surface area contributed by atoms with Crippen molar-refractivity contribution in [3.8, 4) is 11.5 Å². The van der Waals surface area contributed by atoms with Crippen LogP contribution in [0.3, 0.4) is 0 Å². The standard InChI is InChI=1S/C17H17N3O2S/c1-2-23-17(18-11-13-7-3-5-9-15(13)21)20-19-12-14-8-4-6-10-16(14)22/h3-12,21-22H,2H2,1H3/b18-11+,19-12+,20-17-. The Hall–Kier alpha value is -2.60. The second-order valence-electron chi connectivity index (χ2n) is 4.44. The van der Waals surface area contributed by atoms with E-state index in [1.165, 1.54) is 18.0 Å². The van der Waals surface area contributed by atoms with Gasteiger partial charge in [-0.1, -0.05) is 43.0 Å². The highest BCUT2D eigenvalue weighted by Crippen LogP contribution is 2.15. The average molecular weight is 327 g/mol. The molecule has 0 aliphatic heterocycles. The molecule has 0 aromatic heterocycles. The number of aromatic hydroxyl groups is 2. The van der Waals surface area contributed by atoms with Crippen LogP contribution in [0.1, 0.15) is 18.1 Å². The van der Waals surface area contributed by atoms with Gasteiger partial charge < -0.3 is 10.2 Å². The topological polar surface area (TPSA) is 77.5 Å². The van der Waals surface area contributed by atoms with Crippen LogP contribution in [-0.4, -0.2) is 33.6 Å². The minimum atomic E-state index is 0.147. The Morgan fingerprint density at radius 3 is 2.09 bits per heavy atom. The third-order valence-electron chi connectivity index (χ3n) is 2.80. The molecule has 0 atom stereocenters. The van der Waals surface area contributed by atoms with E-state index in [4.69, 9.17) is 0 Å². The molecule has 2 rings (SSSR count). The zero-order valence-corrected chi connectivity index (χ0v) is 13.4. The summed E-state index contributed by atoms with van der Waals surface area (Å²) in [5.41, 5.74) is 1.20. The zero-order chi connectivity index (χ0) is 16.5. The molecule has 118 valence electrons. The lowest BCUT2D eigenvalue weighted by Gasteiger charge is -1.98. The summed E-state index contributed by atoms with van der Waals surface area (Å²) in [6, 6.07) is 13.8. The summed E-state index contributed by atoms with van der Waals surface area (Å²) in [6.45, 7) is 1.99. The number of nitrogens with zero attached hydrogens (tertiary/aromatic N) is 3. The molecule has 0 amide bonds. The van der Waals surface area contributed by atoms with Crippen molar-refractivity contribution in [2.24, 2.45) is 15.2 Å². The number of hydrogen-bond donors (Lipinski definition) is 2. The Bertz CT molecular complexity index is 742. The van der Waals surface area contributed by atoms with Crippen LogP contribution in [0.2, 0.25) is 0 Å². The third-order valence-corrected chi connectivity index (χ3v) is 3.54. The number of rotatable bonds is 4. The number of para-hydroxylation sites is 2. The van der Waals surface area contributed by atoms with Crippen molar-refractivity contribution in [2.45, 2.75) is 6.92 Å². The second kappa shape index (κ2) is 8.75. The highest BCUT2D eigenvalue weighted by atomic mass is 32.2. The molecule has 0 unspecified atom stereocenters. The minimum Gasteiger partial charge on any atom is -0.507 e. The molecule has 0 radical (unpaired) electrons. The number of benzene rings is 2. The van der Waals surface area contributed by atoms with Gasteiger partial charge in [0, 0.05) is 17.3 Å². The molecule has 0 saturated carbocycles. The summed E-state index contributed by atoms with van der Waals surface area (Å²) in [7, 11) is 0. The summed E-state index contributed by atoms with van der Waals surface area (Å²) in [6.07, 6.45) is 3.02. The van der Waals surface area contributed by atoms with Gasteiger partial charge in [0.2, 0.25) is 5.17 Å². The number of amidine groups is 1. The smallest absolute Gasteiger partial charge is 0.208 e. The van der Waals surface area contributed by atoms with Crippen LogP contribution < -0.4 is 0 Å². The van der Waals surface area contributed by atoms with E-state index in [2.05, 4.69) is 15.2 Å². The normalized spacial score (nSPS) is 12.3. The molecule has 0 saturated heterocycles. The van der Waals surface area contributed by atoms with Crippen molar-refractivity contribution in [1.82, 2.24) is 0 Å². The van der Waals surface area contributed by atoms with Crippen molar-refractivity contribution in [3.63, 3.8) is 0 Å². The van der Waals surface area contributed by atoms with E-state index in [9.17, 15) is 10.2 Å².